The number of hydrogen-bond donors (Lipinski definition) is 0. The quantitative estimate of drug-likeness (QED) is 0.638. The minimum Gasteiger partial charge on any atom is -0.493 e. The van der Waals surface area contributed by atoms with E-state index in [-0.39, 0.29) is 11.9 Å². The summed E-state index contributed by atoms with van der Waals surface area (Å²) in [6, 6.07) is 14.6. The van der Waals surface area contributed by atoms with Gasteiger partial charge in [-0.3, -0.25) is 4.79 Å². The fourth-order valence-electron chi connectivity index (χ4n) is 2.65. The number of amides is 1. The molecule has 1 heterocycles. The molecular formula is C19H21N5O3. The SMILES string of the molecule is CCN(CC)C(=O)c1ccc(Oc2nnnn2-c2ccccc2)c(OC)c1. The van der Waals surface area contributed by atoms with Gasteiger partial charge in [-0.05, 0) is 54.6 Å². The molecule has 0 saturated carbocycles. The molecule has 0 aliphatic rings. The minimum absolute atomic E-state index is 0.0565. The Morgan fingerprint density at radius 1 is 1.07 bits per heavy atom. The van der Waals surface area contributed by atoms with E-state index in [9.17, 15) is 4.79 Å². The minimum atomic E-state index is -0.0565. The van der Waals surface area contributed by atoms with Crippen LogP contribution in [0.1, 0.15) is 24.2 Å². The van der Waals surface area contributed by atoms with Crippen molar-refractivity contribution < 1.29 is 14.3 Å². The van der Waals surface area contributed by atoms with Crippen LogP contribution in [0.5, 0.6) is 17.5 Å². The molecule has 0 spiro atoms. The van der Waals surface area contributed by atoms with E-state index < -0.39 is 0 Å². The third kappa shape index (κ3) is 3.89. The van der Waals surface area contributed by atoms with Gasteiger partial charge in [0, 0.05) is 18.7 Å². The zero-order valence-electron chi connectivity index (χ0n) is 15.5. The number of methoxy groups -OCH3 is 1. The van der Waals surface area contributed by atoms with Crippen molar-refractivity contribution in [3.8, 4) is 23.2 Å². The topological polar surface area (TPSA) is 82.4 Å². The van der Waals surface area contributed by atoms with Gasteiger partial charge in [-0.15, -0.1) is 0 Å². The van der Waals surface area contributed by atoms with Gasteiger partial charge >= 0.3 is 6.01 Å². The number of carbonyl (C=O) groups is 1. The van der Waals surface area contributed by atoms with Gasteiger partial charge in [0.05, 0.1) is 12.8 Å². The van der Waals surface area contributed by atoms with Gasteiger partial charge in [-0.1, -0.05) is 23.3 Å². The van der Waals surface area contributed by atoms with Crippen LogP contribution in [-0.4, -0.2) is 51.2 Å². The van der Waals surface area contributed by atoms with E-state index in [4.69, 9.17) is 9.47 Å². The Labute approximate surface area is 157 Å². The van der Waals surface area contributed by atoms with Crippen LogP contribution in [-0.2, 0) is 0 Å². The maximum absolute atomic E-state index is 12.5. The van der Waals surface area contributed by atoms with Gasteiger partial charge in [0.1, 0.15) is 0 Å². The zero-order valence-corrected chi connectivity index (χ0v) is 15.5. The van der Waals surface area contributed by atoms with Crippen LogP contribution in [0.4, 0.5) is 0 Å². The van der Waals surface area contributed by atoms with Gasteiger partial charge in [-0.2, -0.15) is 4.68 Å². The predicted octanol–water partition coefficient (Wildman–Crippen LogP) is 2.95. The largest absolute Gasteiger partial charge is 0.493 e. The number of hydrogen-bond acceptors (Lipinski definition) is 6. The highest BCUT2D eigenvalue weighted by Gasteiger charge is 2.18. The van der Waals surface area contributed by atoms with Gasteiger partial charge in [0.2, 0.25) is 0 Å². The Hall–Kier alpha value is -3.42. The number of tetrazole rings is 1. The molecule has 0 bridgehead atoms. The van der Waals surface area contributed by atoms with Crippen LogP contribution in [0.25, 0.3) is 5.69 Å². The molecule has 27 heavy (non-hydrogen) atoms. The van der Waals surface area contributed by atoms with E-state index in [1.807, 2.05) is 44.2 Å². The molecule has 0 atom stereocenters. The summed E-state index contributed by atoms with van der Waals surface area (Å²) in [6.07, 6.45) is 0. The lowest BCUT2D eigenvalue weighted by Gasteiger charge is -2.19. The molecule has 0 aliphatic heterocycles. The monoisotopic (exact) mass is 367 g/mol. The van der Waals surface area contributed by atoms with Crippen LogP contribution in [0.2, 0.25) is 0 Å². The van der Waals surface area contributed by atoms with E-state index in [1.165, 1.54) is 11.8 Å². The Morgan fingerprint density at radius 3 is 2.48 bits per heavy atom. The third-order valence-corrected chi connectivity index (χ3v) is 4.10. The van der Waals surface area contributed by atoms with Crippen molar-refractivity contribution in [3.63, 3.8) is 0 Å². The highest BCUT2D eigenvalue weighted by atomic mass is 16.5. The maximum atomic E-state index is 12.5. The molecule has 2 aromatic carbocycles. The summed E-state index contributed by atoms with van der Waals surface area (Å²) in [6.45, 7) is 5.17. The van der Waals surface area contributed by atoms with Crippen LogP contribution in [0.15, 0.2) is 48.5 Å². The van der Waals surface area contributed by atoms with Crippen LogP contribution >= 0.6 is 0 Å². The van der Waals surface area contributed by atoms with E-state index in [0.29, 0.717) is 30.2 Å². The summed E-state index contributed by atoms with van der Waals surface area (Å²) in [7, 11) is 1.52. The Kier molecular flexibility index (Phi) is 5.65. The number of rotatable bonds is 7. The standard InChI is InChI=1S/C19H21N5O3/c1-4-23(5-2)18(25)14-11-12-16(17(13-14)26-3)27-19-20-21-22-24(19)15-9-7-6-8-10-15/h6-13H,4-5H2,1-3H3. The molecule has 1 aromatic heterocycles. The second-order valence-corrected chi connectivity index (χ2v) is 5.65. The number of benzene rings is 2. The second-order valence-electron chi connectivity index (χ2n) is 5.65. The number of aromatic nitrogens is 4. The first kappa shape index (κ1) is 18.4. The van der Waals surface area contributed by atoms with E-state index in [1.54, 1.807) is 23.1 Å². The first-order valence-corrected chi connectivity index (χ1v) is 8.66. The zero-order chi connectivity index (χ0) is 19.2. The molecule has 0 unspecified atom stereocenters. The first-order chi connectivity index (χ1) is 13.2. The number of nitrogens with zero attached hydrogens (tertiary/aromatic N) is 5. The van der Waals surface area contributed by atoms with Gasteiger partial charge in [0.15, 0.2) is 11.5 Å². The summed E-state index contributed by atoms with van der Waals surface area (Å²) in [5.74, 6) is 0.787. The lowest BCUT2D eigenvalue weighted by molar-refractivity contribution is 0.0772. The average molecular weight is 367 g/mol. The lowest BCUT2D eigenvalue weighted by Crippen LogP contribution is -2.30. The van der Waals surface area contributed by atoms with Crippen molar-refractivity contribution in [2.45, 2.75) is 13.8 Å². The Balaban J connectivity index is 1.89. The highest BCUT2D eigenvalue weighted by Crippen LogP contribution is 2.32. The average Bonchev–Trinajstić information content (AvgIpc) is 3.18. The summed E-state index contributed by atoms with van der Waals surface area (Å²) < 4.78 is 12.7. The Bertz CT molecular complexity index is 907. The van der Waals surface area contributed by atoms with Crippen LogP contribution < -0.4 is 9.47 Å². The molecule has 3 rings (SSSR count). The molecule has 8 heteroatoms. The molecule has 0 aliphatic carbocycles. The number of ether oxygens (including phenoxy) is 2. The second kappa shape index (κ2) is 8.31. The molecule has 140 valence electrons. The molecule has 0 saturated heterocycles. The molecular weight excluding hydrogens is 346 g/mol. The lowest BCUT2D eigenvalue weighted by atomic mass is 10.1. The van der Waals surface area contributed by atoms with Gasteiger partial charge in [-0.25, -0.2) is 0 Å². The van der Waals surface area contributed by atoms with E-state index in [2.05, 4.69) is 15.5 Å². The first-order valence-electron chi connectivity index (χ1n) is 8.66. The fourth-order valence-corrected chi connectivity index (χ4v) is 2.65. The molecule has 3 aromatic rings. The summed E-state index contributed by atoms with van der Waals surface area (Å²) in [5.41, 5.74) is 1.30. The van der Waals surface area contributed by atoms with Crippen molar-refractivity contribution in [1.82, 2.24) is 25.1 Å². The van der Waals surface area contributed by atoms with Crippen molar-refractivity contribution in [3.05, 3.63) is 54.1 Å². The maximum Gasteiger partial charge on any atom is 0.346 e. The Morgan fingerprint density at radius 2 is 1.81 bits per heavy atom. The summed E-state index contributed by atoms with van der Waals surface area (Å²) >= 11 is 0. The molecule has 0 N–H and O–H groups in total. The molecule has 1 amide bonds. The van der Waals surface area contributed by atoms with Crippen molar-refractivity contribution in [2.75, 3.05) is 20.2 Å². The highest BCUT2D eigenvalue weighted by molar-refractivity contribution is 5.94. The van der Waals surface area contributed by atoms with Crippen molar-refractivity contribution in [2.24, 2.45) is 0 Å². The third-order valence-electron chi connectivity index (χ3n) is 4.10. The fraction of sp³-hybridized carbons (Fsp3) is 0.263. The van der Waals surface area contributed by atoms with Crippen molar-refractivity contribution >= 4 is 5.91 Å². The van der Waals surface area contributed by atoms with Gasteiger partial charge < -0.3 is 14.4 Å². The van der Waals surface area contributed by atoms with Crippen molar-refractivity contribution in [1.29, 1.82) is 0 Å². The molecule has 8 nitrogen and oxygen atoms in total. The van der Waals surface area contributed by atoms with Crippen LogP contribution in [0.3, 0.4) is 0 Å². The van der Waals surface area contributed by atoms with E-state index >= 15 is 0 Å². The predicted molar refractivity (Wildman–Crippen MR) is 99.5 cm³/mol. The van der Waals surface area contributed by atoms with E-state index in [0.717, 1.165) is 5.69 Å². The van der Waals surface area contributed by atoms with Gasteiger partial charge in [0.25, 0.3) is 5.91 Å². The summed E-state index contributed by atoms with van der Waals surface area (Å²) in [5, 5.41) is 11.6. The molecule has 0 fully saturated rings. The summed E-state index contributed by atoms with van der Waals surface area (Å²) in [4.78, 5) is 14.3. The van der Waals surface area contributed by atoms with Crippen LogP contribution in [0, 0.1) is 0 Å². The number of carbonyl (C=O) groups excluding carboxylic acids is 1. The molecule has 0 radical (unpaired) electrons. The normalized spacial score (nSPS) is 10.5. The number of para-hydroxylation sites is 1. The smallest absolute Gasteiger partial charge is 0.346 e.